The van der Waals surface area contributed by atoms with Gasteiger partial charge in [-0.15, -0.1) is 24.0 Å². The van der Waals surface area contributed by atoms with Gasteiger partial charge < -0.3 is 48.0 Å². The van der Waals surface area contributed by atoms with Crippen molar-refractivity contribution in [2.45, 2.75) is 0 Å². The van der Waals surface area contributed by atoms with Crippen LogP contribution in [-0.4, -0.2) is 48.9 Å². The normalized spacial score (nSPS) is 0. The van der Waals surface area contributed by atoms with E-state index < -0.39 is 0 Å². The zero-order valence-electron chi connectivity index (χ0n) is 1.87. The molecule has 0 fully saturated rings. The van der Waals surface area contributed by atoms with Gasteiger partial charge in [0.1, 0.15) is 0 Å². The minimum absolute atomic E-state index is 0. The topological polar surface area (TPSA) is 0 Å². The predicted molar refractivity (Wildman–Crippen MR) is 21.2 cm³/mol. The molecule has 4 heavy (non-hydrogen) atoms. The third-order valence-electron chi connectivity index (χ3n) is 0. The maximum absolute atomic E-state index is 0. The van der Waals surface area contributed by atoms with Gasteiger partial charge in [-0.25, -0.2) is 0 Å². The third kappa shape index (κ3) is 9.23. The van der Waals surface area contributed by atoms with Gasteiger partial charge in [0.2, 0.25) is 0 Å². The van der Waals surface area contributed by atoms with Gasteiger partial charge >= 0.3 is 48.9 Å². The van der Waals surface area contributed by atoms with Crippen molar-refractivity contribution in [2.75, 3.05) is 0 Å². The average molecular weight is 519 g/mol. The fourth-order valence-corrected chi connectivity index (χ4v) is 0. The molecule has 0 heterocycles. The van der Waals surface area contributed by atoms with Gasteiger partial charge in [0.05, 0.1) is 0 Å². The molecule has 0 radical (unpaired) electrons. The van der Waals surface area contributed by atoms with Crippen LogP contribution in [0, 0.1) is 0 Å². The van der Waals surface area contributed by atoms with Crippen LogP contribution in [0.25, 0.3) is 0 Å². The first-order valence-corrected chi connectivity index (χ1v) is 0. The molecule has 0 bridgehead atoms. The summed E-state index contributed by atoms with van der Waals surface area (Å²) in [6.45, 7) is 0. The van der Waals surface area contributed by atoms with Gasteiger partial charge in [-0.3, -0.25) is 0 Å². The number of hydrogen-bond acceptors (Lipinski definition) is 0. The Morgan fingerprint density at radius 1 is 0.750 bits per heavy atom. The summed E-state index contributed by atoms with van der Waals surface area (Å²) in [7, 11) is 0. The average Bonchev–Trinajstić information content (AvgIpc) is 0. The van der Waals surface area contributed by atoms with Gasteiger partial charge in [-0.2, -0.15) is 0 Å². The second kappa shape index (κ2) is 15.9. The standard InChI is InChI=1S/Ba.3HI/h;3*1H/q+2;;;/p-2. The van der Waals surface area contributed by atoms with Gasteiger partial charge in [-0.1, -0.05) is 0 Å². The van der Waals surface area contributed by atoms with Crippen molar-refractivity contribution in [3.05, 3.63) is 0 Å². The molecule has 0 N–H and O–H groups in total. The molecule has 0 atom stereocenters. The molecule has 0 spiro atoms. The summed E-state index contributed by atoms with van der Waals surface area (Å²) in [5.41, 5.74) is 0. The molecule has 0 unspecified atom stereocenters. The Hall–Kier alpha value is 3.76. The van der Waals surface area contributed by atoms with Crippen molar-refractivity contribution in [3.8, 4) is 0 Å². The molecule has 0 aromatic heterocycles. The smallest absolute Gasteiger partial charge is 1.00 e. The fourth-order valence-electron chi connectivity index (χ4n) is 0. The molecule has 24 valence electrons. The van der Waals surface area contributed by atoms with E-state index in [0.29, 0.717) is 0 Å². The summed E-state index contributed by atoms with van der Waals surface area (Å²) >= 11 is 0. The molecule has 0 aromatic carbocycles. The van der Waals surface area contributed by atoms with E-state index in [4.69, 9.17) is 0 Å². The SMILES string of the molecule is I.[Ba+2].[I-].[I-]. The number of hydrogen-bond donors (Lipinski definition) is 0. The summed E-state index contributed by atoms with van der Waals surface area (Å²) in [5, 5.41) is 0. The Kier molecular flexibility index (Phi) is 99.5. The van der Waals surface area contributed by atoms with Crippen LogP contribution in [0.5, 0.6) is 0 Å². The Balaban J connectivity index is 0. The maximum atomic E-state index is 0. The van der Waals surface area contributed by atoms with E-state index in [1.807, 2.05) is 0 Å². The summed E-state index contributed by atoms with van der Waals surface area (Å²) < 4.78 is 0. The molecule has 0 nitrogen and oxygen atoms in total. The second-order valence-corrected chi connectivity index (χ2v) is 0. The summed E-state index contributed by atoms with van der Waals surface area (Å²) in [6, 6.07) is 0. The van der Waals surface area contributed by atoms with E-state index in [1.54, 1.807) is 0 Å². The van der Waals surface area contributed by atoms with E-state index >= 15 is 0 Å². The Bertz CT molecular complexity index is 3.25. The molecule has 0 aliphatic carbocycles. The van der Waals surface area contributed by atoms with E-state index in [9.17, 15) is 0 Å². The monoisotopic (exact) mass is 520 g/mol. The van der Waals surface area contributed by atoms with Gasteiger partial charge in [0.15, 0.2) is 0 Å². The largest absolute Gasteiger partial charge is 2.00 e. The van der Waals surface area contributed by atoms with E-state index in [2.05, 4.69) is 0 Å². The van der Waals surface area contributed by atoms with E-state index in [-0.39, 0.29) is 121 Å². The molecule has 0 amide bonds. The van der Waals surface area contributed by atoms with Crippen molar-refractivity contribution in [1.82, 2.24) is 0 Å². The van der Waals surface area contributed by atoms with Crippen LogP contribution in [-0.2, 0) is 0 Å². The van der Waals surface area contributed by atoms with Crippen molar-refractivity contribution in [2.24, 2.45) is 0 Å². The Morgan fingerprint density at radius 2 is 0.750 bits per heavy atom. The first-order valence-electron chi connectivity index (χ1n) is 0. The molecule has 0 saturated heterocycles. The summed E-state index contributed by atoms with van der Waals surface area (Å²) in [4.78, 5) is 0. The maximum Gasteiger partial charge on any atom is 2.00 e. The third-order valence-corrected chi connectivity index (χ3v) is 0. The Morgan fingerprint density at radius 3 is 0.750 bits per heavy atom. The molecule has 0 aliphatic rings. The van der Waals surface area contributed by atoms with Crippen molar-refractivity contribution < 1.29 is 48.0 Å². The van der Waals surface area contributed by atoms with Gasteiger partial charge in [-0.05, 0) is 0 Å². The van der Waals surface area contributed by atoms with Crippen LogP contribution in [0.4, 0.5) is 0 Å². The summed E-state index contributed by atoms with van der Waals surface area (Å²) in [6.07, 6.45) is 0. The fraction of sp³-hybridized carbons (Fsp3) is 0. The van der Waals surface area contributed by atoms with E-state index in [0.717, 1.165) is 0 Å². The second-order valence-electron chi connectivity index (χ2n) is 0. The van der Waals surface area contributed by atoms with Crippen LogP contribution in [0.2, 0.25) is 0 Å². The molecule has 0 aliphatic heterocycles. The molecule has 0 rings (SSSR count). The molecular weight excluding hydrogens is 518 g/mol. The van der Waals surface area contributed by atoms with Crippen molar-refractivity contribution >= 4 is 72.9 Å². The van der Waals surface area contributed by atoms with Crippen LogP contribution in [0.15, 0.2) is 0 Å². The molecule has 4 heteroatoms. The molecule has 0 aromatic rings. The Labute approximate surface area is 117 Å². The van der Waals surface area contributed by atoms with Gasteiger partial charge in [0.25, 0.3) is 0 Å². The minimum Gasteiger partial charge on any atom is -1.00 e. The zero-order valence-corrected chi connectivity index (χ0v) is 13.0. The van der Waals surface area contributed by atoms with Crippen LogP contribution >= 0.6 is 24.0 Å². The quantitative estimate of drug-likeness (QED) is 0.221. The van der Waals surface area contributed by atoms with Crippen molar-refractivity contribution in [1.29, 1.82) is 0 Å². The van der Waals surface area contributed by atoms with Crippen molar-refractivity contribution in [3.63, 3.8) is 0 Å². The van der Waals surface area contributed by atoms with Crippen LogP contribution in [0.3, 0.4) is 0 Å². The number of halogens is 3. The zero-order chi connectivity index (χ0) is 0. The predicted octanol–water partition coefficient (Wildman–Crippen LogP) is -5.75. The molecular formula is HBaI3. The molecule has 0 saturated carbocycles. The first kappa shape index (κ1) is 25.1. The summed E-state index contributed by atoms with van der Waals surface area (Å²) in [5.74, 6) is 0. The van der Waals surface area contributed by atoms with Crippen LogP contribution in [0.1, 0.15) is 0 Å². The van der Waals surface area contributed by atoms with E-state index in [1.165, 1.54) is 0 Å². The van der Waals surface area contributed by atoms with Crippen LogP contribution < -0.4 is 48.0 Å². The first-order chi connectivity index (χ1) is 0. The van der Waals surface area contributed by atoms with Gasteiger partial charge in [0, 0.05) is 0 Å². The number of rotatable bonds is 0. The minimum atomic E-state index is 0.